The number of para-hydroxylation sites is 1. The summed E-state index contributed by atoms with van der Waals surface area (Å²) in [6.07, 6.45) is 4.73. The van der Waals surface area contributed by atoms with Crippen LogP contribution in [0.4, 0.5) is 11.5 Å². The first-order chi connectivity index (χ1) is 16.7. The quantitative estimate of drug-likeness (QED) is 0.392. The minimum absolute atomic E-state index is 0.203. The molecule has 0 radical (unpaired) electrons. The number of amides is 1. The molecule has 5 rings (SSSR count). The molecule has 0 fully saturated rings. The fourth-order valence-electron chi connectivity index (χ4n) is 4.13. The highest BCUT2D eigenvalue weighted by Gasteiger charge is 2.28. The summed E-state index contributed by atoms with van der Waals surface area (Å²) in [6, 6.07) is 25.6. The van der Waals surface area contributed by atoms with E-state index in [1.54, 1.807) is 13.3 Å². The number of methoxy groups -OCH3 is 1. The Morgan fingerprint density at radius 2 is 1.85 bits per heavy atom. The molecule has 1 aliphatic rings. The van der Waals surface area contributed by atoms with Gasteiger partial charge in [-0.25, -0.2) is 4.68 Å². The number of rotatable bonds is 6. The van der Waals surface area contributed by atoms with Crippen LogP contribution >= 0.6 is 0 Å². The van der Waals surface area contributed by atoms with Crippen LogP contribution in [0.3, 0.4) is 0 Å². The molecule has 1 aromatic heterocycles. The Morgan fingerprint density at radius 1 is 1.06 bits per heavy atom. The fraction of sp³-hybridized carbons (Fsp3) is 0.143. The van der Waals surface area contributed by atoms with E-state index in [9.17, 15) is 4.79 Å². The van der Waals surface area contributed by atoms with Crippen molar-refractivity contribution in [1.82, 2.24) is 9.78 Å². The topological polar surface area (TPSA) is 68.2 Å². The van der Waals surface area contributed by atoms with Crippen molar-refractivity contribution in [3.63, 3.8) is 0 Å². The van der Waals surface area contributed by atoms with Crippen LogP contribution in [-0.2, 0) is 6.42 Å². The third-order valence-electron chi connectivity index (χ3n) is 6.02. The minimum Gasteiger partial charge on any atom is -0.497 e. The Bertz CT molecular complexity index is 1340. The average molecular weight is 451 g/mol. The fourth-order valence-corrected chi connectivity index (χ4v) is 4.13. The molecule has 0 unspecified atom stereocenters. The van der Waals surface area contributed by atoms with Gasteiger partial charge in [-0.15, -0.1) is 0 Å². The van der Waals surface area contributed by atoms with E-state index >= 15 is 0 Å². The van der Waals surface area contributed by atoms with Gasteiger partial charge in [0.15, 0.2) is 0 Å². The number of fused-ring (bicyclic) bond motifs is 1. The number of allylic oxidation sites excluding steroid dienone is 1. The highest BCUT2D eigenvalue weighted by atomic mass is 16.5. The molecule has 0 saturated heterocycles. The zero-order valence-corrected chi connectivity index (χ0v) is 19.2. The Kier molecular flexibility index (Phi) is 5.87. The summed E-state index contributed by atoms with van der Waals surface area (Å²) in [5.41, 5.74) is 5.48. The number of carbonyl (C=O) groups excluding carboxylic acids is 1. The van der Waals surface area contributed by atoms with Crippen molar-refractivity contribution >= 4 is 23.1 Å². The number of benzene rings is 3. The van der Waals surface area contributed by atoms with Crippen molar-refractivity contribution in [1.29, 1.82) is 0 Å². The smallest absolute Gasteiger partial charge is 0.261 e. The number of aromatic nitrogens is 2. The summed E-state index contributed by atoms with van der Waals surface area (Å²) in [7, 11) is 1.66. The van der Waals surface area contributed by atoms with E-state index in [4.69, 9.17) is 4.74 Å². The van der Waals surface area contributed by atoms with E-state index in [1.165, 1.54) is 5.56 Å². The zero-order chi connectivity index (χ0) is 23.5. The van der Waals surface area contributed by atoms with Crippen molar-refractivity contribution in [3.8, 4) is 5.75 Å². The second-order valence-electron chi connectivity index (χ2n) is 8.15. The highest BCUT2D eigenvalue weighted by Crippen LogP contribution is 2.36. The molecule has 170 valence electrons. The Hall–Kier alpha value is -4.32. The van der Waals surface area contributed by atoms with Gasteiger partial charge in [-0.1, -0.05) is 61.5 Å². The van der Waals surface area contributed by atoms with Gasteiger partial charge in [0.1, 0.15) is 17.1 Å². The van der Waals surface area contributed by atoms with Gasteiger partial charge in [0.05, 0.1) is 19.3 Å². The molecule has 2 heterocycles. The Labute approximate surface area is 198 Å². The minimum atomic E-state index is -0.216. The number of carbonyl (C=O) groups is 1. The van der Waals surface area contributed by atoms with Crippen molar-refractivity contribution in [2.45, 2.75) is 19.4 Å². The standard InChI is InChI=1S/C28H26N4O2/c1-3-19-12-14-20(15-13-19)25-17-26(21-8-7-11-23(16-21)34-2)32-27(31-25)24(18-29-32)28(33)30-22-9-5-4-6-10-22/h4-18,26,31H,3H2,1-2H3,(H,30,33)/t26-/m1/s1. The number of hydrogen-bond donors (Lipinski definition) is 2. The Morgan fingerprint density at radius 3 is 2.59 bits per heavy atom. The van der Waals surface area contributed by atoms with Crippen molar-refractivity contribution in [3.05, 3.63) is 113 Å². The SMILES string of the molecule is CCc1ccc(C2=C[C@H](c3cccc(OC)c3)n3ncc(C(=O)Nc4ccccc4)c3N2)cc1. The number of nitrogens with zero attached hydrogens (tertiary/aromatic N) is 2. The molecular weight excluding hydrogens is 424 g/mol. The number of aryl methyl sites for hydroxylation is 1. The van der Waals surface area contributed by atoms with Gasteiger partial charge in [0.2, 0.25) is 0 Å². The van der Waals surface area contributed by atoms with Gasteiger partial charge in [-0.2, -0.15) is 5.10 Å². The maximum Gasteiger partial charge on any atom is 0.261 e. The predicted octanol–water partition coefficient (Wildman–Crippen LogP) is 5.76. The molecule has 3 aromatic carbocycles. The molecule has 4 aromatic rings. The number of nitrogens with one attached hydrogen (secondary N) is 2. The average Bonchev–Trinajstić information content (AvgIpc) is 3.33. The van der Waals surface area contributed by atoms with Gasteiger partial charge in [0, 0.05) is 11.4 Å². The first-order valence-corrected chi connectivity index (χ1v) is 11.3. The highest BCUT2D eigenvalue weighted by molar-refractivity contribution is 6.08. The summed E-state index contributed by atoms with van der Waals surface area (Å²) >= 11 is 0. The third-order valence-corrected chi connectivity index (χ3v) is 6.02. The van der Waals surface area contributed by atoms with E-state index in [0.717, 1.165) is 34.7 Å². The zero-order valence-electron chi connectivity index (χ0n) is 19.2. The summed E-state index contributed by atoms with van der Waals surface area (Å²) in [4.78, 5) is 13.2. The van der Waals surface area contributed by atoms with E-state index in [0.29, 0.717) is 11.4 Å². The van der Waals surface area contributed by atoms with Gasteiger partial charge >= 0.3 is 0 Å². The van der Waals surface area contributed by atoms with Crippen molar-refractivity contribution in [2.24, 2.45) is 0 Å². The molecule has 1 amide bonds. The van der Waals surface area contributed by atoms with Gasteiger partial charge in [-0.05, 0) is 53.5 Å². The summed E-state index contributed by atoms with van der Waals surface area (Å²) in [5.74, 6) is 1.21. The van der Waals surface area contributed by atoms with Crippen LogP contribution < -0.4 is 15.4 Å². The van der Waals surface area contributed by atoms with Crippen LogP contribution in [0, 0.1) is 0 Å². The lowest BCUT2D eigenvalue weighted by Gasteiger charge is -2.26. The molecule has 6 heteroatoms. The monoisotopic (exact) mass is 450 g/mol. The molecule has 1 atom stereocenters. The molecule has 0 saturated carbocycles. The van der Waals surface area contributed by atoms with E-state index in [2.05, 4.69) is 53.0 Å². The van der Waals surface area contributed by atoms with Crippen LogP contribution in [0.2, 0.25) is 0 Å². The van der Waals surface area contributed by atoms with Gasteiger partial charge in [0.25, 0.3) is 5.91 Å². The van der Waals surface area contributed by atoms with Crippen LogP contribution in [-0.4, -0.2) is 22.8 Å². The molecule has 2 N–H and O–H groups in total. The molecule has 6 nitrogen and oxygen atoms in total. The summed E-state index contributed by atoms with van der Waals surface area (Å²) in [5, 5.41) is 11.0. The molecule has 0 spiro atoms. The lowest BCUT2D eigenvalue weighted by Crippen LogP contribution is -2.22. The second-order valence-corrected chi connectivity index (χ2v) is 8.15. The van der Waals surface area contributed by atoms with Crippen LogP contribution in [0.5, 0.6) is 5.75 Å². The molecule has 0 bridgehead atoms. The van der Waals surface area contributed by atoms with E-state index in [1.807, 2.05) is 59.3 Å². The molecule has 1 aliphatic heterocycles. The summed E-state index contributed by atoms with van der Waals surface area (Å²) < 4.78 is 7.30. The Balaban J connectivity index is 1.56. The van der Waals surface area contributed by atoms with Gasteiger partial charge < -0.3 is 15.4 Å². The van der Waals surface area contributed by atoms with E-state index < -0.39 is 0 Å². The number of ether oxygens (including phenoxy) is 1. The largest absolute Gasteiger partial charge is 0.497 e. The van der Waals surface area contributed by atoms with Gasteiger partial charge in [-0.3, -0.25) is 4.79 Å². The first kappa shape index (κ1) is 21.5. The number of hydrogen-bond acceptors (Lipinski definition) is 4. The van der Waals surface area contributed by atoms with Crippen molar-refractivity contribution < 1.29 is 9.53 Å². The second kappa shape index (κ2) is 9.27. The molecule has 0 aliphatic carbocycles. The van der Waals surface area contributed by atoms with Crippen LogP contribution in [0.1, 0.15) is 40.0 Å². The van der Waals surface area contributed by atoms with Crippen LogP contribution in [0.15, 0.2) is 91.1 Å². The maximum absolute atomic E-state index is 13.2. The molecular formula is C28H26N4O2. The maximum atomic E-state index is 13.2. The first-order valence-electron chi connectivity index (χ1n) is 11.3. The lowest BCUT2D eigenvalue weighted by molar-refractivity contribution is 0.102. The third kappa shape index (κ3) is 4.18. The van der Waals surface area contributed by atoms with Crippen molar-refractivity contribution in [2.75, 3.05) is 17.7 Å². The normalized spacial score (nSPS) is 14.5. The lowest BCUT2D eigenvalue weighted by atomic mass is 10.00. The van der Waals surface area contributed by atoms with Crippen LogP contribution in [0.25, 0.3) is 5.70 Å². The number of anilines is 2. The summed E-state index contributed by atoms with van der Waals surface area (Å²) in [6.45, 7) is 2.14. The van der Waals surface area contributed by atoms with E-state index in [-0.39, 0.29) is 11.9 Å². The predicted molar refractivity (Wildman–Crippen MR) is 135 cm³/mol. The molecule has 34 heavy (non-hydrogen) atoms.